The van der Waals surface area contributed by atoms with Gasteiger partial charge in [0.15, 0.2) is 5.58 Å². The van der Waals surface area contributed by atoms with Crippen LogP contribution < -0.4 is 0 Å². The Labute approximate surface area is 504 Å². The van der Waals surface area contributed by atoms with Crippen molar-refractivity contribution in [1.82, 2.24) is 18.3 Å². The lowest BCUT2D eigenvalue weighted by molar-refractivity contribution is 0.671. The van der Waals surface area contributed by atoms with Crippen molar-refractivity contribution < 1.29 is 4.42 Å². The molecule has 0 N–H and O–H groups in total. The van der Waals surface area contributed by atoms with E-state index in [0.717, 1.165) is 143 Å². The van der Waals surface area contributed by atoms with Crippen molar-refractivity contribution in [3.63, 3.8) is 0 Å². The Kier molecular flexibility index (Phi) is 10.6. The molecule has 0 fully saturated rings. The number of aryl methyl sites for hydroxylation is 1. The van der Waals surface area contributed by atoms with Crippen molar-refractivity contribution in [3.8, 4) is 68.3 Å². The van der Waals surface area contributed by atoms with Gasteiger partial charge in [-0.3, -0.25) is 0 Å². The molecule has 0 atom stereocenters. The smallest absolute Gasteiger partial charge is 0.160 e. The number of aromatic nitrogens is 4. The molecule has 0 aliphatic heterocycles. The first-order valence-corrected chi connectivity index (χ1v) is 29.7. The van der Waals surface area contributed by atoms with Gasteiger partial charge in [-0.05, 0) is 119 Å². The molecule has 18 aromatic rings. The van der Waals surface area contributed by atoms with Gasteiger partial charge >= 0.3 is 0 Å². The number of fused-ring (bicyclic) bond motifs is 16. The van der Waals surface area contributed by atoms with E-state index in [1.54, 1.807) is 0 Å². The van der Waals surface area contributed by atoms with Crippen LogP contribution in [0.2, 0.25) is 0 Å². The lowest BCUT2D eigenvalue weighted by Gasteiger charge is -2.27. The number of benzene rings is 13. The Morgan fingerprint density at radius 2 is 0.614 bits per heavy atom. The van der Waals surface area contributed by atoms with Gasteiger partial charge in [0, 0.05) is 53.9 Å². The fourth-order valence-corrected chi connectivity index (χ4v) is 14.5. The van der Waals surface area contributed by atoms with Gasteiger partial charge in [-0.15, -0.1) is 0 Å². The van der Waals surface area contributed by atoms with Crippen molar-refractivity contribution >= 4 is 109 Å². The first-order chi connectivity index (χ1) is 43.5. The van der Waals surface area contributed by atoms with Crippen LogP contribution in [0.25, 0.3) is 165 Å². The molecule has 0 saturated heterocycles. The van der Waals surface area contributed by atoms with Crippen LogP contribution in [0.4, 0.5) is 0 Å². The molecular formula is C81H48N6O. The van der Waals surface area contributed by atoms with E-state index in [1.165, 1.54) is 0 Å². The summed E-state index contributed by atoms with van der Waals surface area (Å²) in [5.74, 6) is 0. The van der Waals surface area contributed by atoms with Crippen LogP contribution >= 0.6 is 0 Å². The number of furan rings is 1. The van der Waals surface area contributed by atoms with Gasteiger partial charge in [-0.1, -0.05) is 200 Å². The highest BCUT2D eigenvalue weighted by atomic mass is 16.3. The predicted octanol–water partition coefficient (Wildman–Crippen LogP) is 21.0. The molecule has 7 heteroatoms. The van der Waals surface area contributed by atoms with Crippen molar-refractivity contribution in [2.45, 2.75) is 6.92 Å². The van der Waals surface area contributed by atoms with Crippen LogP contribution in [-0.4, -0.2) is 18.3 Å². The number of rotatable bonds is 7. The van der Waals surface area contributed by atoms with Gasteiger partial charge in [0.25, 0.3) is 0 Å². The first-order valence-electron chi connectivity index (χ1n) is 29.7. The number of hydrogen-bond donors (Lipinski definition) is 0. The number of para-hydroxylation sites is 4. The van der Waals surface area contributed by atoms with Crippen LogP contribution in [0.3, 0.4) is 0 Å². The molecule has 88 heavy (non-hydrogen) atoms. The van der Waals surface area contributed by atoms with Gasteiger partial charge in [0.2, 0.25) is 0 Å². The van der Waals surface area contributed by atoms with E-state index >= 15 is 0 Å². The molecule has 0 bridgehead atoms. The molecule has 0 saturated carbocycles. The number of hydrogen-bond acceptors (Lipinski definition) is 3. The molecule has 5 heterocycles. The average molecular weight is 1120 g/mol. The molecule has 5 aromatic heterocycles. The quantitative estimate of drug-likeness (QED) is 0.159. The second-order valence-electron chi connectivity index (χ2n) is 23.0. The monoisotopic (exact) mass is 1120 g/mol. The summed E-state index contributed by atoms with van der Waals surface area (Å²) < 4.78 is 16.2. The Balaban J connectivity index is 1.11. The third-order valence-electron chi connectivity index (χ3n) is 18.3. The van der Waals surface area contributed by atoms with Crippen LogP contribution in [0.5, 0.6) is 0 Å². The van der Waals surface area contributed by atoms with E-state index in [0.29, 0.717) is 39.5 Å². The number of nitrogens with zero attached hydrogens (tertiary/aromatic N) is 6. The first kappa shape index (κ1) is 49.3. The minimum Gasteiger partial charge on any atom is -0.454 e. The SMILES string of the molecule is Cc1ccc2c(c1)c1ccc3c4ccccc4oc3c1n2-c1c(C#N)c(-n2c3ccccc3c3cc(-c4ccccc4)ccc32)c(-n2c3ccccc3c3cc(-c4ccccc4)ccc32)c(C#N)c1-n1c2ccccc2c2cc(-c3ccccc3)ccc21. The molecule has 0 spiro atoms. The summed E-state index contributed by atoms with van der Waals surface area (Å²) >= 11 is 0. The van der Waals surface area contributed by atoms with Gasteiger partial charge in [0.1, 0.15) is 28.8 Å². The molecule has 7 nitrogen and oxygen atoms in total. The molecular weight excluding hydrogens is 1070 g/mol. The van der Waals surface area contributed by atoms with Gasteiger partial charge in [0.05, 0.1) is 66.9 Å². The molecule has 408 valence electrons. The topological polar surface area (TPSA) is 80.4 Å². The maximum Gasteiger partial charge on any atom is 0.160 e. The Morgan fingerprint density at radius 3 is 1.06 bits per heavy atom. The lowest BCUT2D eigenvalue weighted by Crippen LogP contribution is -2.16. The summed E-state index contributed by atoms with van der Waals surface area (Å²) in [6.07, 6.45) is 0. The van der Waals surface area contributed by atoms with Gasteiger partial charge in [-0.2, -0.15) is 10.5 Å². The normalized spacial score (nSPS) is 11.9. The highest BCUT2D eigenvalue weighted by Crippen LogP contribution is 2.51. The van der Waals surface area contributed by atoms with E-state index in [2.05, 4.69) is 274 Å². The fraction of sp³-hybridized carbons (Fsp3) is 0.0123. The third-order valence-corrected chi connectivity index (χ3v) is 18.3. The molecule has 0 aliphatic carbocycles. The summed E-state index contributed by atoms with van der Waals surface area (Å²) in [5, 5.41) is 36.2. The molecule has 0 aliphatic rings. The second-order valence-corrected chi connectivity index (χ2v) is 23.0. The van der Waals surface area contributed by atoms with Crippen LogP contribution in [0.15, 0.2) is 277 Å². The van der Waals surface area contributed by atoms with Crippen molar-refractivity contribution in [2.75, 3.05) is 0 Å². The standard InChI is InChI=1S/C81H48N6O/c1-49-33-39-74-62(43-49)60-37-38-61-59-28-14-18-32-75(59)88-81(61)80(60)87(74)79-67(48-83)77(85-69-30-16-12-26-57(69)64-45-54(35-41-72(64)85)51-21-7-3-8-22-51)76(84-68-29-15-11-25-56(68)63-44-53(34-40-71(63)84)50-19-5-2-6-20-50)66(47-82)78(79)86-70-31-17-13-27-58(70)65-46-55(36-42-73(65)86)52-23-9-4-10-24-52/h2-46H,1H3. The summed E-state index contributed by atoms with van der Waals surface area (Å²) in [6, 6.07) is 102. The summed E-state index contributed by atoms with van der Waals surface area (Å²) in [6.45, 7) is 2.12. The highest BCUT2D eigenvalue weighted by Gasteiger charge is 2.35. The molecule has 13 aromatic carbocycles. The fourth-order valence-electron chi connectivity index (χ4n) is 14.5. The van der Waals surface area contributed by atoms with E-state index in [1.807, 2.05) is 36.4 Å². The second kappa shape index (κ2) is 18.9. The zero-order valence-electron chi connectivity index (χ0n) is 47.6. The zero-order valence-corrected chi connectivity index (χ0v) is 47.6. The maximum absolute atomic E-state index is 13.1. The Morgan fingerprint density at radius 1 is 0.273 bits per heavy atom. The van der Waals surface area contributed by atoms with Crippen molar-refractivity contribution in [2.24, 2.45) is 0 Å². The van der Waals surface area contributed by atoms with Gasteiger partial charge in [-0.25, -0.2) is 0 Å². The zero-order chi connectivity index (χ0) is 58.3. The average Bonchev–Trinajstić information content (AvgIpc) is 1.48. The third kappa shape index (κ3) is 6.98. The van der Waals surface area contributed by atoms with Crippen LogP contribution in [0.1, 0.15) is 16.7 Å². The predicted molar refractivity (Wildman–Crippen MR) is 362 cm³/mol. The highest BCUT2D eigenvalue weighted by molar-refractivity contribution is 6.23. The molecule has 0 radical (unpaired) electrons. The summed E-state index contributed by atoms with van der Waals surface area (Å²) in [4.78, 5) is 0. The van der Waals surface area contributed by atoms with E-state index in [9.17, 15) is 10.5 Å². The Hall–Kier alpha value is -12.2. The van der Waals surface area contributed by atoms with Crippen molar-refractivity contribution in [1.29, 1.82) is 10.5 Å². The van der Waals surface area contributed by atoms with E-state index < -0.39 is 0 Å². The minimum atomic E-state index is 0.366. The maximum atomic E-state index is 13.1. The number of nitriles is 2. The van der Waals surface area contributed by atoms with E-state index in [4.69, 9.17) is 4.42 Å². The molecule has 18 rings (SSSR count). The summed E-state index contributed by atoms with van der Waals surface area (Å²) in [5.41, 5.74) is 19.0. The molecule has 0 unspecified atom stereocenters. The van der Waals surface area contributed by atoms with Crippen LogP contribution in [-0.2, 0) is 0 Å². The van der Waals surface area contributed by atoms with E-state index in [-0.39, 0.29) is 0 Å². The molecule has 0 amide bonds. The largest absolute Gasteiger partial charge is 0.454 e. The van der Waals surface area contributed by atoms with Gasteiger partial charge < -0.3 is 22.7 Å². The lowest BCUT2D eigenvalue weighted by atomic mass is 9.98. The summed E-state index contributed by atoms with van der Waals surface area (Å²) in [7, 11) is 0. The van der Waals surface area contributed by atoms with Crippen molar-refractivity contribution in [3.05, 3.63) is 290 Å². The Bertz CT molecular complexity index is 6080. The van der Waals surface area contributed by atoms with Crippen LogP contribution in [0, 0.1) is 29.6 Å². The minimum absolute atomic E-state index is 0.366.